The van der Waals surface area contributed by atoms with Crippen molar-refractivity contribution >= 4 is 34.5 Å². The normalized spacial score (nSPS) is 14.0. The third-order valence-corrected chi connectivity index (χ3v) is 3.91. The number of rotatable bonds is 8. The highest BCUT2D eigenvalue weighted by molar-refractivity contribution is 7.84. The number of aliphatic carboxylic acids is 2. The van der Waals surface area contributed by atoms with Gasteiger partial charge in [-0.2, -0.15) is 0 Å². The van der Waals surface area contributed by atoms with Crippen LogP contribution in [0.3, 0.4) is 0 Å². The van der Waals surface area contributed by atoms with Gasteiger partial charge in [0.1, 0.15) is 17.8 Å². The molecule has 1 unspecified atom stereocenters. The summed E-state index contributed by atoms with van der Waals surface area (Å²) in [6.45, 7) is 0. The van der Waals surface area contributed by atoms with E-state index in [-0.39, 0.29) is 18.6 Å². The number of nitrogens with two attached hydrogens (primary N) is 1. The second-order valence-electron chi connectivity index (χ2n) is 4.88. The maximum absolute atomic E-state index is 10.6. The van der Waals surface area contributed by atoms with Gasteiger partial charge in [0.15, 0.2) is 0 Å². The van der Waals surface area contributed by atoms with Crippen molar-refractivity contribution < 1.29 is 29.1 Å². The van der Waals surface area contributed by atoms with Gasteiger partial charge < -0.3 is 21.1 Å². The van der Waals surface area contributed by atoms with Crippen LogP contribution in [0.1, 0.15) is 12.0 Å². The molecule has 3 atom stereocenters. The van der Waals surface area contributed by atoms with Gasteiger partial charge in [0, 0.05) is 22.8 Å². The van der Waals surface area contributed by atoms with Gasteiger partial charge in [-0.1, -0.05) is 12.1 Å². The Morgan fingerprint density at radius 1 is 1.25 bits per heavy atom. The van der Waals surface area contributed by atoms with E-state index in [1.165, 1.54) is 18.4 Å². The van der Waals surface area contributed by atoms with Crippen LogP contribution in [0, 0.1) is 0 Å². The van der Waals surface area contributed by atoms with E-state index in [0.29, 0.717) is 5.75 Å². The quantitative estimate of drug-likeness (QED) is 0.404. The first-order chi connectivity index (χ1) is 11.2. The summed E-state index contributed by atoms with van der Waals surface area (Å²) < 4.78 is 10.4. The van der Waals surface area contributed by atoms with Crippen molar-refractivity contribution in [1.82, 2.24) is 4.84 Å². The smallest absolute Gasteiger partial charge is 0.322 e. The predicted molar refractivity (Wildman–Crippen MR) is 91.4 cm³/mol. The average Bonchev–Trinajstić information content (AvgIpc) is 2.52. The fraction of sp³-hybridized carbons (Fsp3) is 0.429. The highest BCUT2D eigenvalue weighted by Crippen LogP contribution is 2.11. The summed E-state index contributed by atoms with van der Waals surface area (Å²) in [5.41, 5.74) is 5.93. The summed E-state index contributed by atoms with van der Waals surface area (Å²) in [5, 5.41) is 26.0. The number of hydrogen-bond acceptors (Lipinski definition) is 6. The molecule has 8 nitrogen and oxygen atoms in total. The van der Waals surface area contributed by atoms with Crippen LogP contribution in [0.4, 0.5) is 0 Å². The second-order valence-corrected chi connectivity index (χ2v) is 6.65. The summed E-state index contributed by atoms with van der Waals surface area (Å²) >= 11 is 5.26. The fourth-order valence-electron chi connectivity index (χ4n) is 1.46. The standard InChI is InChI=1S/C9H10ClNO3.C5H11NO3S/c10-11-8(9(13)14)5-6-1-3-7(12)4-2-6;1-10(9)3-2-4(6)5(7)8/h1-4,8,11-12H,5H2,(H,13,14);4H,2-3,6H2,1H3,(H,7,8)/t8-;4-,10?/m00/s1. The first-order valence-electron chi connectivity index (χ1n) is 6.82. The minimum Gasteiger partial charge on any atom is -0.508 e. The number of carboxylic acids is 2. The monoisotopic (exact) mass is 380 g/mol. The van der Waals surface area contributed by atoms with E-state index < -0.39 is 34.8 Å². The molecule has 6 N–H and O–H groups in total. The van der Waals surface area contributed by atoms with E-state index in [4.69, 9.17) is 32.8 Å². The summed E-state index contributed by atoms with van der Waals surface area (Å²) in [6, 6.07) is 4.62. The molecule has 0 spiro atoms. The molecular formula is C14H21ClN2O6S. The minimum atomic E-state index is -1.04. The third kappa shape index (κ3) is 10.2. The van der Waals surface area contributed by atoms with E-state index in [0.717, 1.165) is 5.56 Å². The SMILES string of the molecule is CS(=O)CC[C@H](N)C(=O)O.O=C(O)[C@H](Cc1ccc(O)cc1)NCl. The molecule has 24 heavy (non-hydrogen) atoms. The Labute approximate surface area is 147 Å². The van der Waals surface area contributed by atoms with Gasteiger partial charge in [0.05, 0.1) is 0 Å². The lowest BCUT2D eigenvalue weighted by Crippen LogP contribution is -2.32. The van der Waals surface area contributed by atoms with Crippen molar-refractivity contribution in [3.05, 3.63) is 29.8 Å². The van der Waals surface area contributed by atoms with Gasteiger partial charge in [-0.15, -0.1) is 0 Å². The number of phenols is 1. The van der Waals surface area contributed by atoms with E-state index >= 15 is 0 Å². The number of carboxylic acid groups (broad SMARTS) is 2. The van der Waals surface area contributed by atoms with Crippen molar-refractivity contribution in [2.24, 2.45) is 5.73 Å². The van der Waals surface area contributed by atoms with Crippen LogP contribution in [0.2, 0.25) is 0 Å². The highest BCUT2D eigenvalue weighted by Gasteiger charge is 2.16. The maximum Gasteiger partial charge on any atom is 0.322 e. The summed E-state index contributed by atoms with van der Waals surface area (Å²) in [7, 11) is -0.946. The van der Waals surface area contributed by atoms with Crippen molar-refractivity contribution in [2.45, 2.75) is 24.9 Å². The number of nitrogens with one attached hydrogen (secondary N) is 1. The Hall–Kier alpha value is -1.68. The van der Waals surface area contributed by atoms with Gasteiger partial charge >= 0.3 is 11.9 Å². The van der Waals surface area contributed by atoms with Gasteiger partial charge in [-0.25, -0.2) is 4.84 Å². The Balaban J connectivity index is 0.000000470. The Morgan fingerprint density at radius 3 is 2.17 bits per heavy atom. The molecular weight excluding hydrogens is 360 g/mol. The molecule has 1 aromatic carbocycles. The van der Waals surface area contributed by atoms with Gasteiger partial charge in [0.2, 0.25) is 0 Å². The predicted octanol–water partition coefficient (Wildman–Crippen LogP) is 0.298. The fourth-order valence-corrected chi connectivity index (χ4v) is 2.21. The molecule has 0 aliphatic rings. The number of carbonyl (C=O) groups is 2. The van der Waals surface area contributed by atoms with Crippen molar-refractivity contribution in [3.8, 4) is 5.75 Å². The number of benzene rings is 1. The van der Waals surface area contributed by atoms with Gasteiger partial charge in [-0.05, 0) is 42.3 Å². The largest absolute Gasteiger partial charge is 0.508 e. The van der Waals surface area contributed by atoms with Crippen LogP contribution < -0.4 is 10.6 Å². The number of phenolic OH excluding ortho intramolecular Hbond substituents is 1. The summed E-state index contributed by atoms with van der Waals surface area (Å²) in [6.07, 6.45) is 2.08. The molecule has 0 aromatic heterocycles. The molecule has 0 bridgehead atoms. The Kier molecular flexibility index (Phi) is 11.0. The molecule has 1 rings (SSSR count). The summed E-state index contributed by atoms with van der Waals surface area (Å²) in [5.74, 6) is -1.54. The molecule has 10 heteroatoms. The van der Waals surface area contributed by atoms with E-state index in [1.807, 2.05) is 0 Å². The number of aromatic hydroxyl groups is 1. The van der Waals surface area contributed by atoms with Gasteiger partial charge in [-0.3, -0.25) is 13.8 Å². The molecule has 0 saturated heterocycles. The lowest BCUT2D eigenvalue weighted by atomic mass is 10.1. The average molecular weight is 381 g/mol. The number of halogens is 1. The first kappa shape index (κ1) is 22.3. The molecule has 0 aliphatic carbocycles. The van der Waals surface area contributed by atoms with Crippen LogP contribution >= 0.6 is 11.8 Å². The zero-order valence-corrected chi connectivity index (χ0v) is 14.6. The van der Waals surface area contributed by atoms with Gasteiger partial charge in [0.25, 0.3) is 0 Å². The first-order valence-corrected chi connectivity index (χ1v) is 8.93. The lowest BCUT2D eigenvalue weighted by molar-refractivity contribution is -0.139. The highest BCUT2D eigenvalue weighted by atomic mass is 35.5. The van der Waals surface area contributed by atoms with Crippen molar-refractivity contribution in [1.29, 1.82) is 0 Å². The second kappa shape index (κ2) is 11.8. The van der Waals surface area contributed by atoms with E-state index in [9.17, 15) is 13.8 Å². The maximum atomic E-state index is 10.6. The van der Waals surface area contributed by atoms with E-state index in [2.05, 4.69) is 4.84 Å². The van der Waals surface area contributed by atoms with Crippen LogP contribution in [-0.2, 0) is 26.8 Å². The molecule has 1 aromatic rings. The van der Waals surface area contributed by atoms with Crippen LogP contribution in [-0.4, -0.2) is 55.6 Å². The van der Waals surface area contributed by atoms with Crippen molar-refractivity contribution in [2.75, 3.05) is 12.0 Å². The van der Waals surface area contributed by atoms with E-state index in [1.54, 1.807) is 12.1 Å². The third-order valence-electron chi connectivity index (χ3n) is 2.84. The van der Waals surface area contributed by atoms with Crippen LogP contribution in [0.15, 0.2) is 24.3 Å². The number of hydrogen-bond donors (Lipinski definition) is 5. The topological polar surface area (TPSA) is 150 Å². The molecule has 0 amide bonds. The molecule has 0 heterocycles. The molecule has 0 aliphatic heterocycles. The molecule has 136 valence electrons. The van der Waals surface area contributed by atoms with Crippen LogP contribution in [0.5, 0.6) is 5.75 Å². The Bertz CT molecular complexity index is 555. The molecule has 0 saturated carbocycles. The zero-order chi connectivity index (χ0) is 18.7. The lowest BCUT2D eigenvalue weighted by Gasteiger charge is -2.09. The summed E-state index contributed by atoms with van der Waals surface area (Å²) in [4.78, 5) is 22.9. The molecule has 0 fully saturated rings. The van der Waals surface area contributed by atoms with Crippen LogP contribution in [0.25, 0.3) is 0 Å². The minimum absolute atomic E-state index is 0.152. The molecule has 0 radical (unpaired) electrons. The van der Waals surface area contributed by atoms with Crippen molar-refractivity contribution in [3.63, 3.8) is 0 Å². The zero-order valence-electron chi connectivity index (χ0n) is 13.0. The Morgan fingerprint density at radius 2 is 1.79 bits per heavy atom.